The van der Waals surface area contributed by atoms with Gasteiger partial charge in [-0.25, -0.2) is 4.98 Å². The SMILES string of the molecule is CN=C(NCc1ncc(C(C)(C)C)o1)NCC(C)(C)N1CCc2ccccc2C1. The number of nitrogens with one attached hydrogen (secondary N) is 2. The Kier molecular flexibility index (Phi) is 6.32. The van der Waals surface area contributed by atoms with Crippen LogP contribution in [-0.4, -0.2) is 41.5 Å². The van der Waals surface area contributed by atoms with Crippen LogP contribution >= 0.6 is 0 Å². The summed E-state index contributed by atoms with van der Waals surface area (Å²) in [4.78, 5) is 11.3. The molecular formula is C23H35N5O. The van der Waals surface area contributed by atoms with E-state index < -0.39 is 0 Å². The summed E-state index contributed by atoms with van der Waals surface area (Å²) in [6.07, 6.45) is 2.91. The van der Waals surface area contributed by atoms with Crippen molar-refractivity contribution in [2.24, 2.45) is 4.99 Å². The first-order chi connectivity index (χ1) is 13.7. The van der Waals surface area contributed by atoms with E-state index >= 15 is 0 Å². The highest BCUT2D eigenvalue weighted by Gasteiger charge is 2.29. The van der Waals surface area contributed by atoms with Crippen LogP contribution in [0.1, 0.15) is 57.4 Å². The summed E-state index contributed by atoms with van der Waals surface area (Å²) in [6, 6.07) is 8.76. The van der Waals surface area contributed by atoms with Crippen LogP contribution in [0.5, 0.6) is 0 Å². The van der Waals surface area contributed by atoms with Gasteiger partial charge in [-0.3, -0.25) is 9.89 Å². The van der Waals surface area contributed by atoms with Gasteiger partial charge < -0.3 is 15.1 Å². The lowest BCUT2D eigenvalue weighted by Crippen LogP contribution is -2.54. The largest absolute Gasteiger partial charge is 0.443 e. The first kappa shape index (κ1) is 21.4. The minimum absolute atomic E-state index is 0.00743. The van der Waals surface area contributed by atoms with Crippen LogP contribution < -0.4 is 10.6 Å². The number of aromatic nitrogens is 1. The molecule has 0 saturated carbocycles. The Hall–Kier alpha value is -2.34. The molecule has 6 nitrogen and oxygen atoms in total. The minimum Gasteiger partial charge on any atom is -0.443 e. The monoisotopic (exact) mass is 397 g/mol. The van der Waals surface area contributed by atoms with E-state index in [0.29, 0.717) is 12.4 Å². The molecule has 0 saturated heterocycles. The third-order valence-electron chi connectivity index (χ3n) is 5.60. The lowest BCUT2D eigenvalue weighted by Gasteiger charge is -2.42. The summed E-state index contributed by atoms with van der Waals surface area (Å²) in [5.74, 6) is 2.32. The number of hydrogen-bond donors (Lipinski definition) is 2. The van der Waals surface area contributed by atoms with Gasteiger partial charge in [0.1, 0.15) is 5.76 Å². The van der Waals surface area contributed by atoms with Crippen LogP contribution in [0.25, 0.3) is 0 Å². The van der Waals surface area contributed by atoms with Crippen molar-refractivity contribution in [3.8, 4) is 0 Å². The second kappa shape index (κ2) is 8.57. The highest BCUT2D eigenvalue weighted by atomic mass is 16.4. The first-order valence-electron chi connectivity index (χ1n) is 10.4. The fraction of sp³-hybridized carbons (Fsp3) is 0.565. The van der Waals surface area contributed by atoms with Crippen molar-refractivity contribution in [1.29, 1.82) is 0 Å². The number of fused-ring (bicyclic) bond motifs is 1. The molecule has 2 N–H and O–H groups in total. The number of hydrogen-bond acceptors (Lipinski definition) is 4. The standard InChI is InChI=1S/C23H35N5O/c1-22(2,3)19-13-25-20(29-19)14-26-21(24-6)27-16-23(4,5)28-12-11-17-9-7-8-10-18(17)15-28/h7-10,13H,11-12,14-16H2,1-6H3,(H2,24,26,27). The van der Waals surface area contributed by atoms with E-state index in [9.17, 15) is 0 Å². The van der Waals surface area contributed by atoms with Crippen molar-refractivity contribution < 1.29 is 4.42 Å². The lowest BCUT2D eigenvalue weighted by atomic mass is 9.94. The van der Waals surface area contributed by atoms with E-state index in [1.807, 2.05) is 6.20 Å². The van der Waals surface area contributed by atoms with Crippen molar-refractivity contribution in [3.63, 3.8) is 0 Å². The van der Waals surface area contributed by atoms with Gasteiger partial charge in [0, 0.05) is 37.6 Å². The molecule has 6 heteroatoms. The summed E-state index contributed by atoms with van der Waals surface area (Å²) in [7, 11) is 1.79. The lowest BCUT2D eigenvalue weighted by molar-refractivity contribution is 0.107. The molecule has 1 aliphatic heterocycles. The molecule has 158 valence electrons. The van der Waals surface area contributed by atoms with Crippen molar-refractivity contribution in [1.82, 2.24) is 20.5 Å². The molecule has 2 heterocycles. The van der Waals surface area contributed by atoms with Crippen molar-refractivity contribution in [2.75, 3.05) is 20.1 Å². The molecule has 1 aliphatic rings. The Morgan fingerprint density at radius 3 is 2.52 bits per heavy atom. The molecule has 1 aromatic heterocycles. The Morgan fingerprint density at radius 2 is 1.86 bits per heavy atom. The maximum Gasteiger partial charge on any atom is 0.213 e. The Morgan fingerprint density at radius 1 is 1.14 bits per heavy atom. The molecule has 0 aliphatic carbocycles. The van der Waals surface area contributed by atoms with Gasteiger partial charge in [-0.2, -0.15) is 0 Å². The van der Waals surface area contributed by atoms with E-state index in [1.54, 1.807) is 7.05 Å². The van der Waals surface area contributed by atoms with Crippen LogP contribution in [0.3, 0.4) is 0 Å². The zero-order valence-corrected chi connectivity index (χ0v) is 18.7. The molecule has 1 aromatic carbocycles. The number of aliphatic imine (C=N–C) groups is 1. The predicted octanol–water partition coefficient (Wildman–Crippen LogP) is 3.47. The summed E-state index contributed by atoms with van der Waals surface area (Å²) in [5.41, 5.74) is 2.88. The zero-order chi connectivity index (χ0) is 21.1. The third kappa shape index (κ3) is 5.38. The molecule has 0 spiro atoms. The number of rotatable bonds is 5. The van der Waals surface area contributed by atoms with Crippen molar-refractivity contribution in [3.05, 3.63) is 53.2 Å². The Labute approximate surface area is 174 Å². The molecule has 3 rings (SSSR count). The topological polar surface area (TPSA) is 65.7 Å². The molecule has 2 aromatic rings. The molecule has 0 unspecified atom stereocenters. The molecule has 29 heavy (non-hydrogen) atoms. The smallest absolute Gasteiger partial charge is 0.213 e. The average Bonchev–Trinajstić information content (AvgIpc) is 3.17. The summed E-state index contributed by atoms with van der Waals surface area (Å²) in [5, 5.41) is 6.77. The maximum absolute atomic E-state index is 5.85. The van der Waals surface area contributed by atoms with Gasteiger partial charge in [-0.05, 0) is 31.4 Å². The third-order valence-corrected chi connectivity index (χ3v) is 5.60. The molecule has 0 fully saturated rings. The van der Waals surface area contributed by atoms with Crippen LogP contribution in [0, 0.1) is 0 Å². The molecule has 0 bridgehead atoms. The van der Waals surface area contributed by atoms with E-state index in [1.165, 1.54) is 11.1 Å². The van der Waals surface area contributed by atoms with Gasteiger partial charge in [0.15, 0.2) is 5.96 Å². The van der Waals surface area contributed by atoms with Crippen molar-refractivity contribution >= 4 is 5.96 Å². The highest BCUT2D eigenvalue weighted by Crippen LogP contribution is 2.25. The average molecular weight is 398 g/mol. The summed E-state index contributed by atoms with van der Waals surface area (Å²) >= 11 is 0. The first-order valence-corrected chi connectivity index (χ1v) is 10.4. The fourth-order valence-electron chi connectivity index (χ4n) is 3.54. The van der Waals surface area contributed by atoms with Gasteiger partial charge in [0.25, 0.3) is 0 Å². The zero-order valence-electron chi connectivity index (χ0n) is 18.7. The van der Waals surface area contributed by atoms with Crippen LogP contribution in [0.2, 0.25) is 0 Å². The van der Waals surface area contributed by atoms with Crippen LogP contribution in [0.4, 0.5) is 0 Å². The quantitative estimate of drug-likeness (QED) is 0.597. The second-order valence-corrected chi connectivity index (χ2v) is 9.40. The molecular weight excluding hydrogens is 362 g/mol. The molecule has 0 amide bonds. The van der Waals surface area contributed by atoms with Gasteiger partial charge in [-0.1, -0.05) is 45.0 Å². The second-order valence-electron chi connectivity index (χ2n) is 9.40. The Bertz CT molecular complexity index is 847. The van der Waals surface area contributed by atoms with E-state index in [-0.39, 0.29) is 11.0 Å². The molecule has 0 atom stereocenters. The summed E-state index contributed by atoms with van der Waals surface area (Å²) < 4.78 is 5.85. The molecule has 0 radical (unpaired) electrons. The van der Waals surface area contributed by atoms with E-state index in [2.05, 4.69) is 84.4 Å². The number of nitrogens with zero attached hydrogens (tertiary/aromatic N) is 3. The van der Waals surface area contributed by atoms with Crippen LogP contribution in [-0.2, 0) is 24.9 Å². The van der Waals surface area contributed by atoms with E-state index in [4.69, 9.17) is 4.42 Å². The minimum atomic E-state index is -0.0394. The normalized spacial score (nSPS) is 15.9. The maximum atomic E-state index is 5.85. The predicted molar refractivity (Wildman–Crippen MR) is 118 cm³/mol. The highest BCUT2D eigenvalue weighted by molar-refractivity contribution is 5.79. The number of guanidine groups is 1. The van der Waals surface area contributed by atoms with Crippen LogP contribution in [0.15, 0.2) is 39.9 Å². The number of benzene rings is 1. The van der Waals surface area contributed by atoms with Gasteiger partial charge in [0.05, 0.1) is 12.7 Å². The summed E-state index contributed by atoms with van der Waals surface area (Å²) in [6.45, 7) is 14.3. The van der Waals surface area contributed by atoms with Gasteiger partial charge >= 0.3 is 0 Å². The fourth-order valence-corrected chi connectivity index (χ4v) is 3.54. The van der Waals surface area contributed by atoms with Crippen molar-refractivity contribution in [2.45, 2.75) is 65.1 Å². The van der Waals surface area contributed by atoms with E-state index in [0.717, 1.165) is 37.8 Å². The Balaban J connectivity index is 1.53. The van der Waals surface area contributed by atoms with Gasteiger partial charge in [0.2, 0.25) is 5.89 Å². The van der Waals surface area contributed by atoms with Gasteiger partial charge in [-0.15, -0.1) is 0 Å². The number of oxazole rings is 1.